The number of esters is 1. The van der Waals surface area contributed by atoms with Crippen LogP contribution < -0.4 is 10.1 Å². The maximum Gasteiger partial charge on any atom is 0.347 e. The molecule has 0 bridgehead atoms. The summed E-state index contributed by atoms with van der Waals surface area (Å²) in [6.07, 6.45) is 1.76. The van der Waals surface area contributed by atoms with Crippen LogP contribution in [0.4, 0.5) is 0 Å². The number of carbonyl (C=O) groups excluding carboxylic acids is 1. The third kappa shape index (κ3) is 4.21. The summed E-state index contributed by atoms with van der Waals surface area (Å²) in [5, 5.41) is 3.36. The van der Waals surface area contributed by atoms with Gasteiger partial charge >= 0.3 is 5.97 Å². The van der Waals surface area contributed by atoms with E-state index < -0.39 is 6.10 Å². The number of nitrogens with zero attached hydrogens (tertiary/aromatic N) is 1. The highest BCUT2D eigenvalue weighted by molar-refractivity contribution is 5.76. The van der Waals surface area contributed by atoms with Gasteiger partial charge in [-0.3, -0.25) is 4.98 Å². The highest BCUT2D eigenvalue weighted by Gasteiger charge is 2.28. The fourth-order valence-corrected chi connectivity index (χ4v) is 1.69. The number of carbonyl (C=O) groups is 1. The second-order valence-corrected chi connectivity index (χ2v) is 5.65. The number of rotatable bonds is 4. The molecule has 0 spiro atoms. The first-order valence-corrected chi connectivity index (χ1v) is 6.47. The monoisotopic (exact) mass is 264 g/mol. The number of pyridine rings is 1. The lowest BCUT2D eigenvalue weighted by Crippen LogP contribution is -2.35. The Morgan fingerprint density at radius 3 is 2.79 bits per heavy atom. The summed E-state index contributed by atoms with van der Waals surface area (Å²) < 4.78 is 10.4. The van der Waals surface area contributed by atoms with E-state index >= 15 is 0 Å². The predicted octanol–water partition coefficient (Wildman–Crippen LogP) is 1.66. The fraction of sp³-hybridized carbons (Fsp3) is 0.571. The Labute approximate surface area is 113 Å². The Bertz CT molecular complexity index is 437. The minimum atomic E-state index is -0.486. The maximum absolute atomic E-state index is 11.3. The lowest BCUT2D eigenvalue weighted by Gasteiger charge is -2.20. The molecule has 0 aliphatic carbocycles. The van der Waals surface area contributed by atoms with Crippen molar-refractivity contribution in [3.8, 4) is 5.75 Å². The van der Waals surface area contributed by atoms with Gasteiger partial charge in [0.25, 0.3) is 0 Å². The van der Waals surface area contributed by atoms with Crippen LogP contribution in [-0.2, 0) is 16.1 Å². The van der Waals surface area contributed by atoms with Crippen LogP contribution in [0, 0.1) is 0 Å². The number of ether oxygens (including phenoxy) is 2. The van der Waals surface area contributed by atoms with Gasteiger partial charge in [0, 0.05) is 18.5 Å². The second-order valence-electron chi connectivity index (χ2n) is 5.65. The molecule has 0 amide bonds. The van der Waals surface area contributed by atoms with Crippen molar-refractivity contribution in [1.82, 2.24) is 10.3 Å². The second kappa shape index (κ2) is 5.57. The smallest absolute Gasteiger partial charge is 0.347 e. The van der Waals surface area contributed by atoms with E-state index in [4.69, 9.17) is 9.47 Å². The van der Waals surface area contributed by atoms with Crippen molar-refractivity contribution in [3.05, 3.63) is 24.0 Å². The van der Waals surface area contributed by atoms with E-state index in [0.717, 1.165) is 5.69 Å². The van der Waals surface area contributed by atoms with Crippen LogP contribution in [0.25, 0.3) is 0 Å². The van der Waals surface area contributed by atoms with Crippen molar-refractivity contribution >= 4 is 5.97 Å². The first-order valence-electron chi connectivity index (χ1n) is 6.47. The van der Waals surface area contributed by atoms with Crippen LogP contribution in [-0.4, -0.2) is 29.2 Å². The molecule has 1 unspecified atom stereocenters. The van der Waals surface area contributed by atoms with E-state index in [9.17, 15) is 4.79 Å². The summed E-state index contributed by atoms with van der Waals surface area (Å²) in [7, 11) is 0. The molecule has 1 aliphatic rings. The van der Waals surface area contributed by atoms with E-state index in [1.165, 1.54) is 0 Å². The minimum absolute atomic E-state index is 0.0600. The van der Waals surface area contributed by atoms with Gasteiger partial charge < -0.3 is 14.8 Å². The van der Waals surface area contributed by atoms with Crippen molar-refractivity contribution in [1.29, 1.82) is 0 Å². The van der Waals surface area contributed by atoms with Crippen LogP contribution in [0.1, 0.15) is 32.9 Å². The van der Waals surface area contributed by atoms with E-state index in [1.54, 1.807) is 6.20 Å². The van der Waals surface area contributed by atoms with Crippen LogP contribution in [0.3, 0.4) is 0 Å². The van der Waals surface area contributed by atoms with Gasteiger partial charge in [0.2, 0.25) is 0 Å². The first-order chi connectivity index (χ1) is 8.94. The molecule has 1 fully saturated rings. The van der Waals surface area contributed by atoms with Crippen molar-refractivity contribution < 1.29 is 14.3 Å². The van der Waals surface area contributed by atoms with Gasteiger partial charge in [0.15, 0.2) is 6.10 Å². The highest BCUT2D eigenvalue weighted by atomic mass is 16.6. The van der Waals surface area contributed by atoms with Crippen molar-refractivity contribution in [2.45, 2.75) is 45.4 Å². The first kappa shape index (κ1) is 13.8. The van der Waals surface area contributed by atoms with Gasteiger partial charge in [-0.25, -0.2) is 4.79 Å². The van der Waals surface area contributed by atoms with E-state index in [2.05, 4.69) is 31.1 Å². The number of hydrogen-bond donors (Lipinski definition) is 1. The van der Waals surface area contributed by atoms with Gasteiger partial charge in [0.1, 0.15) is 5.75 Å². The average molecular weight is 264 g/mol. The SMILES string of the molecule is CC(C)(C)NCc1ccc(OC2CCOC2=O)cn1. The number of cyclic esters (lactones) is 1. The highest BCUT2D eigenvalue weighted by Crippen LogP contribution is 2.17. The van der Waals surface area contributed by atoms with E-state index in [-0.39, 0.29) is 11.5 Å². The van der Waals surface area contributed by atoms with Crippen molar-refractivity contribution in [2.24, 2.45) is 0 Å². The van der Waals surface area contributed by atoms with E-state index in [0.29, 0.717) is 25.3 Å². The summed E-state index contributed by atoms with van der Waals surface area (Å²) in [5.74, 6) is 0.307. The summed E-state index contributed by atoms with van der Waals surface area (Å²) in [4.78, 5) is 15.6. The van der Waals surface area contributed by atoms with Crippen molar-refractivity contribution in [2.75, 3.05) is 6.61 Å². The predicted molar refractivity (Wildman–Crippen MR) is 70.8 cm³/mol. The third-order valence-electron chi connectivity index (χ3n) is 2.76. The Kier molecular flexibility index (Phi) is 4.04. The van der Waals surface area contributed by atoms with Gasteiger partial charge in [-0.05, 0) is 32.9 Å². The number of nitrogens with one attached hydrogen (secondary N) is 1. The summed E-state index contributed by atoms with van der Waals surface area (Å²) >= 11 is 0. The Hall–Kier alpha value is -1.62. The summed E-state index contributed by atoms with van der Waals surface area (Å²) in [6, 6.07) is 3.73. The molecule has 1 N–H and O–H groups in total. The quantitative estimate of drug-likeness (QED) is 0.838. The molecule has 0 saturated carbocycles. The zero-order valence-electron chi connectivity index (χ0n) is 11.6. The molecule has 0 aromatic carbocycles. The van der Waals surface area contributed by atoms with Gasteiger partial charge in [-0.15, -0.1) is 0 Å². The molecule has 2 rings (SSSR count). The molecular weight excluding hydrogens is 244 g/mol. The molecular formula is C14H20N2O3. The normalized spacial score (nSPS) is 19.3. The molecule has 104 valence electrons. The fourth-order valence-electron chi connectivity index (χ4n) is 1.69. The van der Waals surface area contributed by atoms with E-state index in [1.807, 2.05) is 12.1 Å². The standard InChI is InChI=1S/C14H20N2O3/c1-14(2,3)16-8-10-4-5-11(9-15-10)19-12-6-7-18-13(12)17/h4-5,9,12,16H,6-8H2,1-3H3. The summed E-state index contributed by atoms with van der Waals surface area (Å²) in [5.41, 5.74) is 1.00. The molecule has 1 aromatic heterocycles. The number of aromatic nitrogens is 1. The van der Waals surface area contributed by atoms with Crippen LogP contribution in [0.5, 0.6) is 5.75 Å². The molecule has 19 heavy (non-hydrogen) atoms. The van der Waals surface area contributed by atoms with Crippen LogP contribution in [0.2, 0.25) is 0 Å². The zero-order chi connectivity index (χ0) is 13.9. The van der Waals surface area contributed by atoms with Crippen LogP contribution >= 0.6 is 0 Å². The Balaban J connectivity index is 1.89. The third-order valence-corrected chi connectivity index (χ3v) is 2.76. The lowest BCUT2D eigenvalue weighted by molar-refractivity contribution is -0.143. The lowest BCUT2D eigenvalue weighted by atomic mass is 10.1. The molecule has 0 radical (unpaired) electrons. The largest absolute Gasteiger partial charge is 0.477 e. The Morgan fingerprint density at radius 1 is 1.47 bits per heavy atom. The molecule has 1 saturated heterocycles. The van der Waals surface area contributed by atoms with Gasteiger partial charge in [-0.2, -0.15) is 0 Å². The maximum atomic E-state index is 11.3. The minimum Gasteiger partial charge on any atom is -0.477 e. The topological polar surface area (TPSA) is 60.5 Å². The van der Waals surface area contributed by atoms with Crippen LogP contribution in [0.15, 0.2) is 18.3 Å². The molecule has 5 heteroatoms. The molecule has 5 nitrogen and oxygen atoms in total. The summed E-state index contributed by atoms with van der Waals surface area (Å²) in [6.45, 7) is 7.46. The Morgan fingerprint density at radius 2 is 2.26 bits per heavy atom. The molecule has 1 aliphatic heterocycles. The van der Waals surface area contributed by atoms with Crippen molar-refractivity contribution in [3.63, 3.8) is 0 Å². The molecule has 2 heterocycles. The molecule has 1 aromatic rings. The number of hydrogen-bond acceptors (Lipinski definition) is 5. The zero-order valence-corrected chi connectivity index (χ0v) is 11.6. The molecule has 1 atom stereocenters. The van der Waals surface area contributed by atoms with Gasteiger partial charge in [-0.1, -0.05) is 0 Å². The average Bonchev–Trinajstić information content (AvgIpc) is 2.73. The van der Waals surface area contributed by atoms with Gasteiger partial charge in [0.05, 0.1) is 18.5 Å².